The predicted molar refractivity (Wildman–Crippen MR) is 87.0 cm³/mol. The molecule has 0 aliphatic rings. The molecule has 0 spiro atoms. The van der Waals surface area contributed by atoms with Crippen LogP contribution in [0.4, 0.5) is 0 Å². The molecule has 6 nitrogen and oxygen atoms in total. The van der Waals surface area contributed by atoms with Gasteiger partial charge in [-0.25, -0.2) is 0 Å². The van der Waals surface area contributed by atoms with E-state index in [0.29, 0.717) is 12.5 Å². The Balaban J connectivity index is 3.76. The Kier molecular flexibility index (Phi) is 11.1. The number of hydrogen-bond donors (Lipinski definition) is 1. The molecule has 0 aromatic carbocycles. The van der Waals surface area contributed by atoms with Gasteiger partial charge in [-0.2, -0.15) is 0 Å². The van der Waals surface area contributed by atoms with Gasteiger partial charge in [-0.15, -0.1) is 0 Å². The summed E-state index contributed by atoms with van der Waals surface area (Å²) in [5, 5.41) is 2.47. The van der Waals surface area contributed by atoms with Gasteiger partial charge in [0.05, 0.1) is 6.54 Å². The topological polar surface area (TPSA) is 89.5 Å². The van der Waals surface area contributed by atoms with Crippen molar-refractivity contribution in [2.24, 2.45) is 11.8 Å². The normalized spacial score (nSPS) is 10.9. The number of carbonyl (C=O) groups excluding carboxylic acids is 4. The van der Waals surface area contributed by atoms with Crippen LogP contribution in [0.25, 0.3) is 0 Å². The highest BCUT2D eigenvalue weighted by Crippen LogP contribution is 2.02. The van der Waals surface area contributed by atoms with E-state index in [-0.39, 0.29) is 68.0 Å². The molecule has 0 unspecified atom stereocenters. The molecule has 1 N–H and O–H groups in total. The van der Waals surface area contributed by atoms with Crippen molar-refractivity contribution in [1.82, 2.24) is 5.32 Å². The maximum atomic E-state index is 11.6. The minimum atomic E-state index is -0.342. The summed E-state index contributed by atoms with van der Waals surface area (Å²) in [7, 11) is 0. The Hall–Kier alpha value is -1.56. The first-order chi connectivity index (χ1) is 10.7. The molecule has 0 fully saturated rings. The molecule has 0 rings (SSSR count). The Labute approximate surface area is 138 Å². The Morgan fingerprint density at radius 1 is 0.870 bits per heavy atom. The first-order valence-corrected chi connectivity index (χ1v) is 8.13. The van der Waals surface area contributed by atoms with Crippen LogP contribution in [0, 0.1) is 11.8 Å². The molecule has 0 bridgehead atoms. The summed E-state index contributed by atoms with van der Waals surface area (Å²) in [5.74, 6) is -0.336. The zero-order chi connectivity index (χ0) is 17.8. The molecule has 132 valence electrons. The molecular weight excluding hydrogens is 298 g/mol. The SMILES string of the molecule is CC(C)COCC(=O)CCC(=O)NCC(=O)CCC(=O)C(C)C. The smallest absolute Gasteiger partial charge is 0.220 e. The van der Waals surface area contributed by atoms with Crippen LogP contribution in [-0.2, 0) is 23.9 Å². The Morgan fingerprint density at radius 2 is 1.48 bits per heavy atom. The van der Waals surface area contributed by atoms with Gasteiger partial charge in [-0.1, -0.05) is 27.7 Å². The average molecular weight is 327 g/mol. The van der Waals surface area contributed by atoms with Gasteiger partial charge in [0.25, 0.3) is 0 Å². The number of Topliss-reactive ketones (excluding diaryl/α,β-unsaturated/α-hetero) is 3. The third kappa shape index (κ3) is 12.6. The summed E-state index contributed by atoms with van der Waals surface area (Å²) >= 11 is 0. The maximum absolute atomic E-state index is 11.6. The average Bonchev–Trinajstić information content (AvgIpc) is 2.47. The van der Waals surface area contributed by atoms with Crippen molar-refractivity contribution in [1.29, 1.82) is 0 Å². The number of ketones is 3. The van der Waals surface area contributed by atoms with Crippen LogP contribution >= 0.6 is 0 Å². The van der Waals surface area contributed by atoms with E-state index < -0.39 is 0 Å². The number of hydrogen-bond acceptors (Lipinski definition) is 5. The molecule has 23 heavy (non-hydrogen) atoms. The monoisotopic (exact) mass is 327 g/mol. The van der Waals surface area contributed by atoms with Crippen LogP contribution < -0.4 is 5.32 Å². The highest BCUT2D eigenvalue weighted by molar-refractivity contribution is 5.91. The Bertz CT molecular complexity index is 415. The lowest BCUT2D eigenvalue weighted by Gasteiger charge is -2.07. The van der Waals surface area contributed by atoms with Gasteiger partial charge in [-0.3, -0.25) is 19.2 Å². The van der Waals surface area contributed by atoms with Crippen LogP contribution in [0.5, 0.6) is 0 Å². The van der Waals surface area contributed by atoms with E-state index >= 15 is 0 Å². The van der Waals surface area contributed by atoms with Crippen LogP contribution in [0.2, 0.25) is 0 Å². The van der Waals surface area contributed by atoms with Gasteiger partial charge in [0.2, 0.25) is 5.91 Å². The number of rotatable bonds is 13. The minimum absolute atomic E-state index is 0.0156. The second kappa shape index (κ2) is 11.9. The molecule has 0 aromatic rings. The summed E-state index contributed by atoms with van der Waals surface area (Å²) < 4.78 is 5.19. The van der Waals surface area contributed by atoms with Gasteiger partial charge < -0.3 is 10.1 Å². The summed E-state index contributed by atoms with van der Waals surface area (Å²) in [5.41, 5.74) is 0. The Morgan fingerprint density at radius 3 is 2.04 bits per heavy atom. The molecule has 1 amide bonds. The van der Waals surface area contributed by atoms with Gasteiger partial charge in [0.1, 0.15) is 12.4 Å². The summed E-state index contributed by atoms with van der Waals surface area (Å²) in [6.45, 7) is 7.99. The van der Waals surface area contributed by atoms with Crippen molar-refractivity contribution < 1.29 is 23.9 Å². The van der Waals surface area contributed by atoms with E-state index in [2.05, 4.69) is 5.32 Å². The quantitative estimate of drug-likeness (QED) is 0.556. The fourth-order valence-corrected chi connectivity index (χ4v) is 1.66. The first-order valence-electron chi connectivity index (χ1n) is 8.13. The van der Waals surface area contributed by atoms with Crippen LogP contribution in [-0.4, -0.2) is 43.0 Å². The van der Waals surface area contributed by atoms with Crippen molar-refractivity contribution in [3.05, 3.63) is 0 Å². The van der Waals surface area contributed by atoms with Crippen molar-refractivity contribution in [3.63, 3.8) is 0 Å². The standard InChI is InChI=1S/C17H29NO5/c1-12(2)10-23-11-15(20)6-8-17(22)18-9-14(19)5-7-16(21)13(3)4/h12-13H,5-11H2,1-4H3,(H,18,22). The van der Waals surface area contributed by atoms with Crippen LogP contribution in [0.3, 0.4) is 0 Å². The number of ether oxygens (including phenoxy) is 1. The third-order valence-corrected chi connectivity index (χ3v) is 3.12. The van der Waals surface area contributed by atoms with E-state index in [9.17, 15) is 19.2 Å². The van der Waals surface area contributed by atoms with Crippen molar-refractivity contribution in [2.45, 2.75) is 53.4 Å². The lowest BCUT2D eigenvalue weighted by Crippen LogP contribution is -2.30. The zero-order valence-electron chi connectivity index (χ0n) is 14.6. The molecule has 0 aliphatic carbocycles. The van der Waals surface area contributed by atoms with E-state index in [1.54, 1.807) is 13.8 Å². The summed E-state index contributed by atoms with van der Waals surface area (Å²) in [6.07, 6.45) is 0.489. The van der Waals surface area contributed by atoms with Crippen LogP contribution in [0.15, 0.2) is 0 Å². The third-order valence-electron chi connectivity index (χ3n) is 3.12. The molecule has 0 aromatic heterocycles. The number of carbonyl (C=O) groups is 4. The molecule has 0 aliphatic heterocycles. The second-order valence-electron chi connectivity index (χ2n) is 6.38. The lowest BCUT2D eigenvalue weighted by molar-refractivity contribution is -0.129. The maximum Gasteiger partial charge on any atom is 0.220 e. The van der Waals surface area contributed by atoms with Crippen LogP contribution in [0.1, 0.15) is 53.4 Å². The van der Waals surface area contributed by atoms with E-state index in [1.807, 2.05) is 13.8 Å². The largest absolute Gasteiger partial charge is 0.373 e. The minimum Gasteiger partial charge on any atom is -0.373 e. The molecule has 6 heteroatoms. The summed E-state index contributed by atoms with van der Waals surface area (Å²) in [6, 6.07) is 0. The fourth-order valence-electron chi connectivity index (χ4n) is 1.66. The second-order valence-corrected chi connectivity index (χ2v) is 6.38. The first kappa shape index (κ1) is 21.4. The molecule has 0 heterocycles. The predicted octanol–water partition coefficient (Wildman–Crippen LogP) is 1.70. The number of nitrogens with one attached hydrogen (secondary N) is 1. The summed E-state index contributed by atoms with van der Waals surface area (Å²) in [4.78, 5) is 46.0. The van der Waals surface area contributed by atoms with Gasteiger partial charge >= 0.3 is 0 Å². The molecule has 0 atom stereocenters. The molecule has 0 saturated heterocycles. The van der Waals surface area contributed by atoms with E-state index in [4.69, 9.17) is 4.74 Å². The molecular formula is C17H29NO5. The van der Waals surface area contributed by atoms with Gasteiger partial charge in [0, 0.05) is 38.2 Å². The van der Waals surface area contributed by atoms with Crippen molar-refractivity contribution in [2.75, 3.05) is 19.8 Å². The van der Waals surface area contributed by atoms with Gasteiger partial charge in [-0.05, 0) is 5.92 Å². The van der Waals surface area contributed by atoms with E-state index in [1.165, 1.54) is 0 Å². The zero-order valence-corrected chi connectivity index (χ0v) is 14.6. The van der Waals surface area contributed by atoms with Crippen molar-refractivity contribution in [3.8, 4) is 0 Å². The number of amides is 1. The molecule has 0 saturated carbocycles. The highest BCUT2D eigenvalue weighted by Gasteiger charge is 2.12. The highest BCUT2D eigenvalue weighted by atomic mass is 16.5. The van der Waals surface area contributed by atoms with Gasteiger partial charge in [0.15, 0.2) is 11.6 Å². The molecule has 0 radical (unpaired) electrons. The fraction of sp³-hybridized carbons (Fsp3) is 0.765. The lowest BCUT2D eigenvalue weighted by atomic mass is 10.0. The van der Waals surface area contributed by atoms with Crippen molar-refractivity contribution >= 4 is 23.3 Å². The van der Waals surface area contributed by atoms with E-state index in [0.717, 1.165) is 0 Å².